The first kappa shape index (κ1) is 7.28. The minimum absolute atomic E-state index is 0.0528. The molecule has 0 aromatic carbocycles. The predicted molar refractivity (Wildman–Crippen MR) is 37.8 cm³/mol. The van der Waals surface area contributed by atoms with Gasteiger partial charge in [-0.15, -0.1) is 12.3 Å². The van der Waals surface area contributed by atoms with Crippen molar-refractivity contribution in [3.8, 4) is 12.3 Å². The van der Waals surface area contributed by atoms with Crippen molar-refractivity contribution < 1.29 is 4.92 Å². The van der Waals surface area contributed by atoms with Crippen LogP contribution >= 0.6 is 0 Å². The Morgan fingerprint density at radius 3 is 3.18 bits per heavy atom. The maximum Gasteiger partial charge on any atom is 0.310 e. The van der Waals surface area contributed by atoms with Gasteiger partial charge in [0.15, 0.2) is 0 Å². The van der Waals surface area contributed by atoms with Crippen LogP contribution in [0.2, 0.25) is 0 Å². The van der Waals surface area contributed by atoms with Gasteiger partial charge in [-0.05, 0) is 0 Å². The van der Waals surface area contributed by atoms with Crippen LogP contribution in [0.25, 0.3) is 0 Å². The summed E-state index contributed by atoms with van der Waals surface area (Å²) in [6, 6.07) is 0. The molecule has 0 aliphatic carbocycles. The van der Waals surface area contributed by atoms with Crippen molar-refractivity contribution in [2.75, 3.05) is 0 Å². The molecule has 1 N–H and O–H groups in total. The van der Waals surface area contributed by atoms with E-state index in [4.69, 9.17) is 6.42 Å². The summed E-state index contributed by atoms with van der Waals surface area (Å²) in [5.74, 6) is 2.29. The highest BCUT2D eigenvalue weighted by molar-refractivity contribution is 5.33. The summed E-state index contributed by atoms with van der Waals surface area (Å²) in [4.78, 5) is 9.72. The second kappa shape index (κ2) is 2.84. The molecule has 1 aromatic heterocycles. The fourth-order valence-corrected chi connectivity index (χ4v) is 0.696. The zero-order chi connectivity index (χ0) is 8.27. The van der Waals surface area contributed by atoms with E-state index in [1.807, 2.05) is 0 Å². The van der Waals surface area contributed by atoms with Crippen LogP contribution in [0, 0.1) is 22.5 Å². The lowest BCUT2D eigenvalue weighted by molar-refractivity contribution is -0.385. The van der Waals surface area contributed by atoms with Crippen LogP contribution < -0.4 is 0 Å². The average Bonchev–Trinajstić information content (AvgIpc) is 2.36. The van der Waals surface area contributed by atoms with Gasteiger partial charge >= 0.3 is 5.69 Å². The minimum atomic E-state index is -0.518. The second-order valence-electron chi connectivity index (χ2n) is 1.87. The van der Waals surface area contributed by atoms with Gasteiger partial charge in [-0.25, -0.2) is 0 Å². The fourth-order valence-electron chi connectivity index (χ4n) is 0.696. The Morgan fingerprint density at radius 2 is 2.64 bits per heavy atom. The Morgan fingerprint density at radius 1 is 1.91 bits per heavy atom. The summed E-state index contributed by atoms with van der Waals surface area (Å²) in [6.07, 6.45) is 6.32. The van der Waals surface area contributed by atoms with Gasteiger partial charge < -0.3 is 0 Å². The lowest BCUT2D eigenvalue weighted by atomic mass is 10.3. The lowest BCUT2D eigenvalue weighted by Crippen LogP contribution is -1.91. The molecule has 5 nitrogen and oxygen atoms in total. The van der Waals surface area contributed by atoms with Crippen LogP contribution in [0.15, 0.2) is 6.20 Å². The van der Waals surface area contributed by atoms with E-state index in [1.54, 1.807) is 0 Å². The van der Waals surface area contributed by atoms with Gasteiger partial charge in [0.1, 0.15) is 11.9 Å². The molecule has 0 aliphatic heterocycles. The van der Waals surface area contributed by atoms with Crippen LogP contribution in [0.3, 0.4) is 0 Å². The molecule has 11 heavy (non-hydrogen) atoms. The highest BCUT2D eigenvalue weighted by Gasteiger charge is 2.13. The van der Waals surface area contributed by atoms with Crippen molar-refractivity contribution in [2.24, 2.45) is 0 Å². The molecule has 0 unspecified atom stereocenters. The fraction of sp³-hybridized carbons (Fsp3) is 0.167. The standard InChI is InChI=1S/C6H5N3O2/c1-2-3-5-6(9(10)11)4-7-8-5/h1,4H,3H2,(H,7,8). The third-order valence-electron chi connectivity index (χ3n) is 1.17. The smallest absolute Gasteiger partial charge is 0.274 e. The molecule has 0 radical (unpaired) electrons. The lowest BCUT2D eigenvalue weighted by Gasteiger charge is -1.87. The molecule has 0 saturated carbocycles. The van der Waals surface area contributed by atoms with E-state index in [2.05, 4.69) is 16.1 Å². The number of hydrogen-bond acceptors (Lipinski definition) is 3. The highest BCUT2D eigenvalue weighted by atomic mass is 16.6. The Labute approximate surface area is 62.6 Å². The Hall–Kier alpha value is -1.83. The molecule has 56 valence electrons. The summed E-state index contributed by atoms with van der Waals surface area (Å²) in [5, 5.41) is 16.2. The van der Waals surface area contributed by atoms with Gasteiger partial charge in [0.25, 0.3) is 0 Å². The van der Waals surface area contributed by atoms with Gasteiger partial charge in [-0.2, -0.15) is 5.10 Å². The van der Waals surface area contributed by atoms with Crippen LogP contribution in [0.5, 0.6) is 0 Å². The molecule has 0 bridgehead atoms. The van der Waals surface area contributed by atoms with E-state index in [-0.39, 0.29) is 12.1 Å². The number of rotatable bonds is 2. The van der Waals surface area contributed by atoms with Crippen molar-refractivity contribution in [3.05, 3.63) is 22.0 Å². The molecule has 0 amide bonds. The molecule has 0 aliphatic rings. The predicted octanol–water partition coefficient (Wildman–Crippen LogP) is 0.494. The van der Waals surface area contributed by atoms with E-state index in [1.165, 1.54) is 0 Å². The first-order chi connectivity index (χ1) is 5.25. The number of aromatic amines is 1. The summed E-state index contributed by atoms with van der Waals surface area (Å²) in [5.41, 5.74) is 0.320. The van der Waals surface area contributed by atoms with Crippen molar-refractivity contribution in [3.63, 3.8) is 0 Å². The summed E-state index contributed by atoms with van der Waals surface area (Å²) in [6.45, 7) is 0. The zero-order valence-electron chi connectivity index (χ0n) is 5.57. The summed E-state index contributed by atoms with van der Waals surface area (Å²) >= 11 is 0. The number of H-pyrrole nitrogens is 1. The SMILES string of the molecule is C#CCc1[nH]ncc1[N+](=O)[O-]. The second-order valence-corrected chi connectivity index (χ2v) is 1.87. The quantitative estimate of drug-likeness (QED) is 0.380. The van der Waals surface area contributed by atoms with Gasteiger partial charge in [-0.1, -0.05) is 0 Å². The molecule has 1 heterocycles. The van der Waals surface area contributed by atoms with E-state index in [9.17, 15) is 10.1 Å². The Balaban J connectivity index is 2.98. The van der Waals surface area contributed by atoms with Crippen molar-refractivity contribution in [2.45, 2.75) is 6.42 Å². The van der Waals surface area contributed by atoms with Crippen LogP contribution in [-0.4, -0.2) is 15.1 Å². The number of nitrogens with zero attached hydrogens (tertiary/aromatic N) is 2. The van der Waals surface area contributed by atoms with E-state index in [0.29, 0.717) is 5.69 Å². The molecule has 0 fully saturated rings. The minimum Gasteiger partial charge on any atom is -0.274 e. The molecule has 1 rings (SSSR count). The summed E-state index contributed by atoms with van der Waals surface area (Å²) in [7, 11) is 0. The van der Waals surface area contributed by atoms with Gasteiger partial charge in [0.2, 0.25) is 0 Å². The molecular formula is C6H5N3O2. The molecule has 0 saturated heterocycles. The molecule has 0 atom stereocenters. The van der Waals surface area contributed by atoms with Crippen LogP contribution in [0.4, 0.5) is 5.69 Å². The largest absolute Gasteiger partial charge is 0.310 e. The Bertz CT molecular complexity index is 310. The number of aromatic nitrogens is 2. The number of hydrogen-bond donors (Lipinski definition) is 1. The topological polar surface area (TPSA) is 71.8 Å². The van der Waals surface area contributed by atoms with Gasteiger partial charge in [0, 0.05) is 0 Å². The molecule has 0 spiro atoms. The van der Waals surface area contributed by atoms with E-state index < -0.39 is 4.92 Å². The average molecular weight is 151 g/mol. The molecule has 1 aromatic rings. The monoisotopic (exact) mass is 151 g/mol. The maximum atomic E-state index is 10.2. The third kappa shape index (κ3) is 1.35. The van der Waals surface area contributed by atoms with Crippen LogP contribution in [-0.2, 0) is 6.42 Å². The van der Waals surface area contributed by atoms with E-state index in [0.717, 1.165) is 6.20 Å². The molecular weight excluding hydrogens is 146 g/mol. The summed E-state index contributed by atoms with van der Waals surface area (Å²) < 4.78 is 0. The van der Waals surface area contributed by atoms with Gasteiger partial charge in [0.05, 0.1) is 11.3 Å². The van der Waals surface area contributed by atoms with Crippen molar-refractivity contribution in [1.29, 1.82) is 0 Å². The zero-order valence-corrected chi connectivity index (χ0v) is 5.57. The number of nitro groups is 1. The number of terminal acetylenes is 1. The molecule has 5 heteroatoms. The highest BCUT2D eigenvalue weighted by Crippen LogP contribution is 2.13. The van der Waals surface area contributed by atoms with Gasteiger partial charge in [-0.3, -0.25) is 15.2 Å². The number of nitrogens with one attached hydrogen (secondary N) is 1. The first-order valence-corrected chi connectivity index (χ1v) is 2.86. The third-order valence-corrected chi connectivity index (χ3v) is 1.17. The maximum absolute atomic E-state index is 10.2. The van der Waals surface area contributed by atoms with Crippen LogP contribution in [0.1, 0.15) is 5.69 Å². The normalized spacial score (nSPS) is 9.00. The van der Waals surface area contributed by atoms with Crippen molar-refractivity contribution in [1.82, 2.24) is 10.2 Å². The Kier molecular flexibility index (Phi) is 1.88. The van der Waals surface area contributed by atoms with E-state index >= 15 is 0 Å². The van der Waals surface area contributed by atoms with Crippen molar-refractivity contribution >= 4 is 5.69 Å². The first-order valence-electron chi connectivity index (χ1n) is 2.86.